The molecule has 0 aliphatic carbocycles. The molecule has 1 rings (SSSR count). The van der Waals surface area contributed by atoms with Gasteiger partial charge in [0.2, 0.25) is 0 Å². The molecule has 3 N–H and O–H groups in total. The van der Waals surface area contributed by atoms with Crippen molar-refractivity contribution >= 4 is 33.8 Å². The minimum atomic E-state index is -1.79. The Morgan fingerprint density at radius 1 is 1.20 bits per heavy atom. The number of carbonyl (C=O) groups excluding carboxylic acids is 1. The van der Waals surface area contributed by atoms with Crippen molar-refractivity contribution < 1.29 is 33.4 Å². The zero-order valence-electron chi connectivity index (χ0n) is 9.69. The highest BCUT2D eigenvalue weighted by Crippen LogP contribution is 2.19. The van der Waals surface area contributed by atoms with E-state index in [2.05, 4.69) is 15.9 Å². The zero-order valence-corrected chi connectivity index (χ0v) is 11.3. The van der Waals surface area contributed by atoms with Crippen molar-refractivity contribution in [3.8, 4) is 0 Å². The molecule has 0 radical (unpaired) electrons. The highest BCUT2D eigenvalue weighted by atomic mass is 79.9. The maximum Gasteiger partial charge on any atom is 0.326 e. The van der Waals surface area contributed by atoms with Gasteiger partial charge in [0.1, 0.15) is 23.2 Å². The maximum absolute atomic E-state index is 13.5. The molecule has 1 aromatic carbocycles. The lowest BCUT2D eigenvalue weighted by Crippen LogP contribution is -2.42. The Labute approximate surface area is 119 Å². The van der Waals surface area contributed by atoms with Gasteiger partial charge in [-0.25, -0.2) is 13.6 Å². The van der Waals surface area contributed by atoms with Crippen LogP contribution >= 0.6 is 15.9 Å². The van der Waals surface area contributed by atoms with Gasteiger partial charge in [0, 0.05) is 4.47 Å². The second-order valence-corrected chi connectivity index (χ2v) is 4.62. The second-order valence-electron chi connectivity index (χ2n) is 3.71. The molecule has 9 heteroatoms. The number of benzene rings is 1. The number of hydrogen-bond donors (Lipinski definition) is 3. The molecule has 0 aliphatic rings. The lowest BCUT2D eigenvalue weighted by atomic mass is 10.1. The molecule has 0 aliphatic heterocycles. The number of carboxylic acid groups (broad SMARTS) is 2. The molecule has 1 amide bonds. The summed E-state index contributed by atoms with van der Waals surface area (Å²) in [4.78, 5) is 32.8. The van der Waals surface area contributed by atoms with E-state index in [4.69, 9.17) is 10.2 Å². The summed E-state index contributed by atoms with van der Waals surface area (Å²) in [5.41, 5.74) is -0.982. The van der Waals surface area contributed by atoms with Crippen LogP contribution in [0, 0.1) is 11.6 Å². The fraction of sp³-hybridized carbons (Fsp3) is 0.182. The summed E-state index contributed by atoms with van der Waals surface area (Å²) in [6.07, 6.45) is -0.916. The Morgan fingerprint density at radius 2 is 1.70 bits per heavy atom. The number of hydrogen-bond acceptors (Lipinski definition) is 3. The van der Waals surface area contributed by atoms with Crippen LogP contribution in [0.25, 0.3) is 0 Å². The van der Waals surface area contributed by atoms with Crippen LogP contribution in [-0.4, -0.2) is 34.1 Å². The largest absolute Gasteiger partial charge is 0.481 e. The maximum atomic E-state index is 13.5. The van der Waals surface area contributed by atoms with Crippen molar-refractivity contribution in [3.63, 3.8) is 0 Å². The third kappa shape index (κ3) is 3.98. The summed E-state index contributed by atoms with van der Waals surface area (Å²) >= 11 is 2.82. The molecule has 0 spiro atoms. The Kier molecular flexibility index (Phi) is 5.14. The Morgan fingerprint density at radius 3 is 2.10 bits per heavy atom. The van der Waals surface area contributed by atoms with Crippen LogP contribution in [-0.2, 0) is 9.59 Å². The first-order valence-electron chi connectivity index (χ1n) is 5.12. The monoisotopic (exact) mass is 351 g/mol. The fourth-order valence-corrected chi connectivity index (χ4v) is 1.77. The molecule has 1 aromatic rings. The molecular formula is C11H8BrF2NO5. The second kappa shape index (κ2) is 6.42. The van der Waals surface area contributed by atoms with Gasteiger partial charge < -0.3 is 15.5 Å². The highest BCUT2D eigenvalue weighted by molar-refractivity contribution is 9.10. The van der Waals surface area contributed by atoms with Crippen molar-refractivity contribution in [1.82, 2.24) is 5.32 Å². The van der Waals surface area contributed by atoms with Crippen molar-refractivity contribution in [3.05, 3.63) is 33.8 Å². The van der Waals surface area contributed by atoms with E-state index < -0.39 is 47.5 Å². The standard InChI is InChI=1S/C11H8BrF2NO5/c12-4-1-5(13)9(6(14)2-4)10(18)15-7(11(19)20)3-8(16)17/h1-2,7H,3H2,(H,15,18)(H,16,17)(H,19,20)/t7-/m1/s1. The van der Waals surface area contributed by atoms with Crippen LogP contribution in [0.5, 0.6) is 0 Å². The molecule has 0 unspecified atom stereocenters. The summed E-state index contributed by atoms with van der Waals surface area (Å²) in [5, 5.41) is 19.0. The summed E-state index contributed by atoms with van der Waals surface area (Å²) in [7, 11) is 0. The quantitative estimate of drug-likeness (QED) is 0.743. The SMILES string of the molecule is O=C(O)C[C@@H](NC(=O)c1c(F)cc(Br)cc1F)C(=O)O. The Balaban J connectivity index is 3.01. The topological polar surface area (TPSA) is 104 Å². The van der Waals surface area contributed by atoms with Gasteiger partial charge in [-0.05, 0) is 12.1 Å². The lowest BCUT2D eigenvalue weighted by Gasteiger charge is -2.13. The molecular weight excluding hydrogens is 344 g/mol. The van der Waals surface area contributed by atoms with E-state index in [9.17, 15) is 23.2 Å². The van der Waals surface area contributed by atoms with Gasteiger partial charge in [-0.3, -0.25) is 9.59 Å². The van der Waals surface area contributed by atoms with E-state index in [1.54, 1.807) is 5.32 Å². The molecule has 0 saturated heterocycles. The van der Waals surface area contributed by atoms with E-state index in [1.165, 1.54) is 0 Å². The molecule has 20 heavy (non-hydrogen) atoms. The number of amides is 1. The Hall–Kier alpha value is -2.03. The van der Waals surface area contributed by atoms with Crippen molar-refractivity contribution in [1.29, 1.82) is 0 Å². The van der Waals surface area contributed by atoms with Crippen molar-refractivity contribution in [2.75, 3.05) is 0 Å². The van der Waals surface area contributed by atoms with Gasteiger partial charge in [0.05, 0.1) is 6.42 Å². The van der Waals surface area contributed by atoms with Crippen LogP contribution in [0.3, 0.4) is 0 Å². The van der Waals surface area contributed by atoms with Gasteiger partial charge in [-0.1, -0.05) is 15.9 Å². The summed E-state index contributed by atoms with van der Waals surface area (Å²) in [5.74, 6) is -6.85. The van der Waals surface area contributed by atoms with Crippen LogP contribution < -0.4 is 5.32 Å². The first-order chi connectivity index (χ1) is 9.22. The van der Waals surface area contributed by atoms with Crippen LogP contribution in [0.15, 0.2) is 16.6 Å². The smallest absolute Gasteiger partial charge is 0.326 e. The molecule has 1 atom stereocenters. The number of aliphatic carboxylic acids is 2. The third-order valence-electron chi connectivity index (χ3n) is 2.22. The van der Waals surface area contributed by atoms with Crippen LogP contribution in [0.2, 0.25) is 0 Å². The fourth-order valence-electron chi connectivity index (χ4n) is 1.36. The number of carbonyl (C=O) groups is 3. The number of rotatable bonds is 5. The van der Waals surface area contributed by atoms with Gasteiger partial charge in [0.15, 0.2) is 0 Å². The lowest BCUT2D eigenvalue weighted by molar-refractivity contribution is -0.145. The van der Waals surface area contributed by atoms with E-state index in [0.29, 0.717) is 0 Å². The molecule has 0 heterocycles. The van der Waals surface area contributed by atoms with E-state index in [-0.39, 0.29) is 4.47 Å². The molecule has 0 saturated carbocycles. The zero-order chi connectivity index (χ0) is 15.4. The summed E-state index contributed by atoms with van der Waals surface area (Å²) < 4.78 is 27.0. The first-order valence-corrected chi connectivity index (χ1v) is 5.91. The predicted octanol–water partition coefficient (Wildman–Crippen LogP) is 1.39. The van der Waals surface area contributed by atoms with Crippen molar-refractivity contribution in [2.45, 2.75) is 12.5 Å². The number of halogens is 3. The van der Waals surface area contributed by atoms with E-state index >= 15 is 0 Å². The molecule has 0 bridgehead atoms. The average molecular weight is 352 g/mol. The van der Waals surface area contributed by atoms with Gasteiger partial charge in [-0.2, -0.15) is 0 Å². The predicted molar refractivity (Wildman–Crippen MR) is 65.2 cm³/mol. The minimum Gasteiger partial charge on any atom is -0.481 e. The summed E-state index contributed by atoms with van der Waals surface area (Å²) in [6.45, 7) is 0. The Bertz CT molecular complexity index is 555. The number of carboxylic acids is 2. The molecule has 108 valence electrons. The normalized spacial score (nSPS) is 11.8. The van der Waals surface area contributed by atoms with Gasteiger partial charge >= 0.3 is 11.9 Å². The third-order valence-corrected chi connectivity index (χ3v) is 2.67. The molecule has 0 fully saturated rings. The average Bonchev–Trinajstić information content (AvgIpc) is 2.25. The molecule has 6 nitrogen and oxygen atoms in total. The minimum absolute atomic E-state index is 0.0596. The van der Waals surface area contributed by atoms with E-state index in [0.717, 1.165) is 12.1 Å². The van der Waals surface area contributed by atoms with Crippen LogP contribution in [0.4, 0.5) is 8.78 Å². The van der Waals surface area contributed by atoms with Gasteiger partial charge in [-0.15, -0.1) is 0 Å². The molecule has 0 aromatic heterocycles. The van der Waals surface area contributed by atoms with Crippen LogP contribution in [0.1, 0.15) is 16.8 Å². The highest BCUT2D eigenvalue weighted by Gasteiger charge is 2.26. The number of nitrogens with one attached hydrogen (secondary N) is 1. The van der Waals surface area contributed by atoms with E-state index in [1.807, 2.05) is 0 Å². The summed E-state index contributed by atoms with van der Waals surface area (Å²) in [6, 6.07) is -0.141. The van der Waals surface area contributed by atoms with Crippen molar-refractivity contribution in [2.24, 2.45) is 0 Å². The first kappa shape index (κ1) is 16.0. The van der Waals surface area contributed by atoms with Gasteiger partial charge in [0.25, 0.3) is 5.91 Å².